The van der Waals surface area contributed by atoms with Gasteiger partial charge in [0.2, 0.25) is 15.9 Å². The molecule has 8 heteroatoms. The van der Waals surface area contributed by atoms with E-state index in [1.807, 2.05) is 25.1 Å². The minimum Gasteiger partial charge on any atom is -0.494 e. The molecule has 27 heavy (non-hydrogen) atoms. The minimum atomic E-state index is -3.80. The largest absolute Gasteiger partial charge is 0.494 e. The molecule has 2 aromatic rings. The molecule has 2 rings (SSSR count). The smallest absolute Gasteiger partial charge is 0.243 e. The first kappa shape index (κ1) is 20.7. The second kappa shape index (κ2) is 8.85. The maximum Gasteiger partial charge on any atom is 0.243 e. The Hall–Kier alpha value is -2.61. The molecule has 0 heterocycles. The van der Waals surface area contributed by atoms with Crippen molar-refractivity contribution in [3.63, 3.8) is 0 Å². The normalized spacial score (nSPS) is 12.3. The van der Waals surface area contributed by atoms with Crippen LogP contribution in [0, 0.1) is 5.82 Å². The number of hydrogen-bond donors (Lipinski definition) is 1. The zero-order valence-electron chi connectivity index (χ0n) is 15.5. The summed E-state index contributed by atoms with van der Waals surface area (Å²) in [5, 5.41) is 2.72. The summed E-state index contributed by atoms with van der Waals surface area (Å²) in [5.74, 6) is -0.437. The highest BCUT2D eigenvalue weighted by atomic mass is 32.2. The van der Waals surface area contributed by atoms with E-state index in [2.05, 4.69) is 5.32 Å². The van der Waals surface area contributed by atoms with Crippen molar-refractivity contribution in [2.24, 2.45) is 0 Å². The SMILES string of the molecule is CCOc1ccccc1CNC(=O)[C@@H](C)N(c1cccc(F)c1)S(C)(=O)=O. The van der Waals surface area contributed by atoms with E-state index in [0.29, 0.717) is 12.4 Å². The highest BCUT2D eigenvalue weighted by molar-refractivity contribution is 7.92. The summed E-state index contributed by atoms with van der Waals surface area (Å²) in [4.78, 5) is 12.6. The molecule has 0 aliphatic rings. The lowest BCUT2D eigenvalue weighted by molar-refractivity contribution is -0.122. The van der Waals surface area contributed by atoms with Crippen LogP contribution < -0.4 is 14.4 Å². The van der Waals surface area contributed by atoms with Crippen LogP contribution in [0.25, 0.3) is 0 Å². The summed E-state index contributed by atoms with van der Waals surface area (Å²) < 4.78 is 44.4. The average Bonchev–Trinajstić information content (AvgIpc) is 2.60. The summed E-state index contributed by atoms with van der Waals surface area (Å²) >= 11 is 0. The van der Waals surface area contributed by atoms with Crippen LogP contribution in [0.15, 0.2) is 48.5 Å². The predicted octanol–water partition coefficient (Wildman–Crippen LogP) is 2.70. The standard InChI is InChI=1S/C19H23FN2O4S/c1-4-26-18-11-6-5-8-15(18)13-21-19(23)14(2)22(27(3,24)25)17-10-7-9-16(20)12-17/h5-12,14H,4,13H2,1-3H3,(H,21,23)/t14-/m1/s1. The molecule has 1 amide bonds. The quantitative estimate of drug-likeness (QED) is 0.747. The molecule has 0 bridgehead atoms. The molecule has 1 N–H and O–H groups in total. The monoisotopic (exact) mass is 394 g/mol. The third-order valence-corrected chi connectivity index (χ3v) is 5.12. The maximum atomic E-state index is 13.5. The summed E-state index contributed by atoms with van der Waals surface area (Å²) in [6.07, 6.45) is 0.978. The van der Waals surface area contributed by atoms with Crippen molar-refractivity contribution in [3.05, 3.63) is 59.9 Å². The molecule has 0 saturated heterocycles. The molecular weight excluding hydrogens is 371 g/mol. The van der Waals surface area contributed by atoms with Crippen molar-refractivity contribution in [3.8, 4) is 5.75 Å². The molecule has 0 aliphatic carbocycles. The number of para-hydroxylation sites is 1. The van der Waals surface area contributed by atoms with Crippen molar-refractivity contribution in [1.29, 1.82) is 0 Å². The van der Waals surface area contributed by atoms with Gasteiger partial charge in [-0.05, 0) is 38.1 Å². The third kappa shape index (κ3) is 5.43. The number of nitrogens with one attached hydrogen (secondary N) is 1. The number of halogens is 1. The molecule has 0 radical (unpaired) electrons. The highest BCUT2D eigenvalue weighted by Gasteiger charge is 2.29. The number of nitrogens with zero attached hydrogens (tertiary/aromatic N) is 1. The van der Waals surface area contributed by atoms with Gasteiger partial charge in [-0.1, -0.05) is 24.3 Å². The Balaban J connectivity index is 2.19. The van der Waals surface area contributed by atoms with Gasteiger partial charge < -0.3 is 10.1 Å². The fourth-order valence-electron chi connectivity index (χ4n) is 2.70. The van der Waals surface area contributed by atoms with Gasteiger partial charge in [0.15, 0.2) is 0 Å². The zero-order chi connectivity index (χ0) is 20.0. The Kier molecular flexibility index (Phi) is 6.79. The Morgan fingerprint density at radius 2 is 1.93 bits per heavy atom. The average molecular weight is 394 g/mol. The Morgan fingerprint density at radius 3 is 2.56 bits per heavy atom. The third-order valence-electron chi connectivity index (χ3n) is 3.88. The van der Waals surface area contributed by atoms with Crippen LogP contribution in [0.3, 0.4) is 0 Å². The van der Waals surface area contributed by atoms with Crippen LogP contribution in [-0.2, 0) is 21.4 Å². The van der Waals surface area contributed by atoms with Crippen LogP contribution in [0.5, 0.6) is 5.75 Å². The van der Waals surface area contributed by atoms with Gasteiger partial charge >= 0.3 is 0 Å². The summed E-state index contributed by atoms with van der Waals surface area (Å²) in [7, 11) is -3.80. The van der Waals surface area contributed by atoms with Crippen LogP contribution >= 0.6 is 0 Å². The lowest BCUT2D eigenvalue weighted by Crippen LogP contribution is -2.47. The van der Waals surface area contributed by atoms with E-state index in [-0.39, 0.29) is 12.2 Å². The lowest BCUT2D eigenvalue weighted by atomic mass is 10.2. The number of anilines is 1. The lowest BCUT2D eigenvalue weighted by Gasteiger charge is -2.28. The van der Waals surface area contributed by atoms with E-state index in [4.69, 9.17) is 4.74 Å². The van der Waals surface area contributed by atoms with Crippen molar-refractivity contribution in [1.82, 2.24) is 5.32 Å². The number of carbonyl (C=O) groups is 1. The van der Waals surface area contributed by atoms with E-state index >= 15 is 0 Å². The molecule has 0 fully saturated rings. The van der Waals surface area contributed by atoms with Crippen LogP contribution in [0.2, 0.25) is 0 Å². The number of sulfonamides is 1. The van der Waals surface area contributed by atoms with Gasteiger partial charge in [-0.2, -0.15) is 0 Å². The van der Waals surface area contributed by atoms with Crippen molar-refractivity contribution < 1.29 is 22.3 Å². The molecular formula is C19H23FN2O4S. The number of hydrogen-bond acceptors (Lipinski definition) is 4. The molecule has 0 aromatic heterocycles. The molecule has 1 atom stereocenters. The minimum absolute atomic E-state index is 0.0925. The van der Waals surface area contributed by atoms with Crippen LogP contribution in [0.4, 0.5) is 10.1 Å². The predicted molar refractivity (Wildman–Crippen MR) is 103 cm³/mol. The Bertz CT molecular complexity index is 902. The van der Waals surface area contributed by atoms with Gasteiger partial charge in [-0.25, -0.2) is 12.8 Å². The highest BCUT2D eigenvalue weighted by Crippen LogP contribution is 2.22. The molecule has 2 aromatic carbocycles. The molecule has 146 valence electrons. The fraction of sp³-hybridized carbons (Fsp3) is 0.316. The van der Waals surface area contributed by atoms with E-state index in [0.717, 1.165) is 22.2 Å². The van der Waals surface area contributed by atoms with E-state index in [1.165, 1.54) is 25.1 Å². The number of ether oxygens (including phenoxy) is 1. The van der Waals surface area contributed by atoms with Gasteiger partial charge in [0.05, 0.1) is 18.6 Å². The molecule has 0 saturated carbocycles. The van der Waals surface area contributed by atoms with Gasteiger partial charge in [0.25, 0.3) is 0 Å². The Labute approximate surface area is 159 Å². The van der Waals surface area contributed by atoms with Gasteiger partial charge in [-0.15, -0.1) is 0 Å². The Morgan fingerprint density at radius 1 is 1.22 bits per heavy atom. The first-order chi connectivity index (χ1) is 12.7. The number of carbonyl (C=O) groups excluding carboxylic acids is 1. The van der Waals surface area contributed by atoms with Crippen LogP contribution in [0.1, 0.15) is 19.4 Å². The van der Waals surface area contributed by atoms with E-state index < -0.39 is 27.8 Å². The first-order valence-electron chi connectivity index (χ1n) is 8.47. The van der Waals surface area contributed by atoms with E-state index in [9.17, 15) is 17.6 Å². The number of benzene rings is 2. The summed E-state index contributed by atoms with van der Waals surface area (Å²) in [5.41, 5.74) is 0.867. The molecule has 0 unspecified atom stereocenters. The topological polar surface area (TPSA) is 75.7 Å². The second-order valence-corrected chi connectivity index (χ2v) is 7.83. The van der Waals surface area contributed by atoms with Crippen molar-refractivity contribution in [2.75, 3.05) is 17.2 Å². The van der Waals surface area contributed by atoms with Gasteiger partial charge in [0, 0.05) is 12.1 Å². The second-order valence-electron chi connectivity index (χ2n) is 5.97. The zero-order valence-corrected chi connectivity index (χ0v) is 16.3. The maximum absolute atomic E-state index is 13.5. The first-order valence-corrected chi connectivity index (χ1v) is 10.3. The summed E-state index contributed by atoms with van der Waals surface area (Å²) in [6, 6.07) is 11.3. The van der Waals surface area contributed by atoms with Gasteiger partial charge in [0.1, 0.15) is 17.6 Å². The summed E-state index contributed by atoms with van der Waals surface area (Å²) in [6.45, 7) is 3.99. The molecule has 0 spiro atoms. The van der Waals surface area contributed by atoms with Gasteiger partial charge in [-0.3, -0.25) is 9.10 Å². The number of rotatable bonds is 8. The fourth-order valence-corrected chi connectivity index (χ4v) is 3.86. The molecule has 6 nitrogen and oxygen atoms in total. The van der Waals surface area contributed by atoms with Crippen LogP contribution in [-0.4, -0.2) is 33.2 Å². The molecule has 0 aliphatic heterocycles. The van der Waals surface area contributed by atoms with E-state index in [1.54, 1.807) is 6.07 Å². The number of amides is 1. The van der Waals surface area contributed by atoms with Crippen molar-refractivity contribution in [2.45, 2.75) is 26.4 Å². The van der Waals surface area contributed by atoms with Crippen molar-refractivity contribution >= 4 is 21.6 Å².